The number of pyridine rings is 1. The summed E-state index contributed by atoms with van der Waals surface area (Å²) in [4.78, 5) is 0. The lowest BCUT2D eigenvalue weighted by Crippen LogP contribution is -2.16. The second-order valence-electron chi connectivity index (χ2n) is 4.37. The zero-order valence-electron chi connectivity index (χ0n) is 10.1. The zero-order valence-corrected chi connectivity index (χ0v) is 10.1. The molecule has 2 heterocycles. The fourth-order valence-electron chi connectivity index (χ4n) is 1.87. The summed E-state index contributed by atoms with van der Waals surface area (Å²) in [6.07, 6.45) is 5.50. The molecule has 92 valence electrons. The van der Waals surface area contributed by atoms with Gasteiger partial charge in [-0.2, -0.15) is 5.10 Å². The van der Waals surface area contributed by atoms with Crippen molar-refractivity contribution in [3.8, 4) is 0 Å². The van der Waals surface area contributed by atoms with Crippen molar-refractivity contribution in [2.24, 2.45) is 0 Å². The molecule has 2 N–H and O–H groups in total. The van der Waals surface area contributed by atoms with Gasteiger partial charge >= 0.3 is 0 Å². The minimum Gasteiger partial charge on any atom is -0.393 e. The molecule has 0 bridgehead atoms. The number of rotatable bonds is 6. The Morgan fingerprint density at radius 3 is 3.18 bits per heavy atom. The highest BCUT2D eigenvalue weighted by atomic mass is 16.3. The molecule has 2 aromatic rings. The van der Waals surface area contributed by atoms with Gasteiger partial charge in [0.15, 0.2) is 0 Å². The van der Waals surface area contributed by atoms with Gasteiger partial charge in [-0.25, -0.2) is 4.52 Å². The number of aliphatic hydroxyl groups is 1. The van der Waals surface area contributed by atoms with Crippen LogP contribution < -0.4 is 5.32 Å². The summed E-state index contributed by atoms with van der Waals surface area (Å²) < 4.78 is 1.88. The quantitative estimate of drug-likeness (QED) is 0.745. The first-order chi connectivity index (χ1) is 8.27. The number of nitrogens with zero attached hydrogens (tertiary/aromatic N) is 2. The number of aliphatic hydroxyl groups excluding tert-OH is 1. The molecule has 17 heavy (non-hydrogen) atoms. The van der Waals surface area contributed by atoms with Gasteiger partial charge in [0.25, 0.3) is 0 Å². The summed E-state index contributed by atoms with van der Waals surface area (Å²) in [5.74, 6) is 0. The number of aromatic nitrogens is 2. The molecule has 0 fully saturated rings. The second-order valence-corrected chi connectivity index (χ2v) is 4.37. The van der Waals surface area contributed by atoms with Crippen LogP contribution in [0.2, 0.25) is 0 Å². The molecule has 0 aromatic carbocycles. The molecule has 4 nitrogen and oxygen atoms in total. The van der Waals surface area contributed by atoms with Gasteiger partial charge in [-0.05, 0) is 38.4 Å². The van der Waals surface area contributed by atoms with Crippen LogP contribution in [0.25, 0.3) is 5.52 Å². The van der Waals surface area contributed by atoms with Crippen LogP contribution in [0.3, 0.4) is 0 Å². The average molecular weight is 233 g/mol. The predicted octanol–water partition coefficient (Wildman–Crippen LogP) is 1.58. The summed E-state index contributed by atoms with van der Waals surface area (Å²) in [5, 5.41) is 16.8. The minimum atomic E-state index is -0.200. The van der Waals surface area contributed by atoms with E-state index in [0.29, 0.717) is 0 Å². The highest BCUT2D eigenvalue weighted by Crippen LogP contribution is 2.09. The molecule has 0 radical (unpaired) electrons. The molecular formula is C13H19N3O. The molecule has 0 aliphatic carbocycles. The van der Waals surface area contributed by atoms with E-state index < -0.39 is 0 Å². The van der Waals surface area contributed by atoms with Crippen LogP contribution in [0.4, 0.5) is 0 Å². The lowest BCUT2D eigenvalue weighted by atomic mass is 10.2. The SMILES string of the molecule is CC(O)CCCNCc1cnn2ccccc12. The Balaban J connectivity index is 1.83. The zero-order chi connectivity index (χ0) is 12.1. The molecular weight excluding hydrogens is 214 g/mol. The Morgan fingerprint density at radius 1 is 1.47 bits per heavy atom. The van der Waals surface area contributed by atoms with Crippen molar-refractivity contribution in [3.63, 3.8) is 0 Å². The number of hydrogen-bond donors (Lipinski definition) is 2. The van der Waals surface area contributed by atoms with Crippen LogP contribution in [0.15, 0.2) is 30.6 Å². The normalized spacial score (nSPS) is 13.1. The van der Waals surface area contributed by atoms with Crippen LogP contribution in [0, 0.1) is 0 Å². The van der Waals surface area contributed by atoms with Crippen molar-refractivity contribution >= 4 is 5.52 Å². The molecule has 2 rings (SSSR count). The summed E-state index contributed by atoms with van der Waals surface area (Å²) in [7, 11) is 0. The van der Waals surface area contributed by atoms with E-state index in [1.54, 1.807) is 0 Å². The van der Waals surface area contributed by atoms with Gasteiger partial charge < -0.3 is 10.4 Å². The molecule has 0 saturated heterocycles. The average Bonchev–Trinajstić information content (AvgIpc) is 2.72. The Morgan fingerprint density at radius 2 is 2.35 bits per heavy atom. The molecule has 2 aromatic heterocycles. The van der Waals surface area contributed by atoms with E-state index in [1.807, 2.05) is 36.0 Å². The third-order valence-electron chi connectivity index (χ3n) is 2.80. The predicted molar refractivity (Wildman–Crippen MR) is 67.8 cm³/mol. The summed E-state index contributed by atoms with van der Waals surface area (Å²) >= 11 is 0. The first-order valence-corrected chi connectivity index (χ1v) is 6.07. The van der Waals surface area contributed by atoms with Crippen molar-refractivity contribution in [3.05, 3.63) is 36.2 Å². The smallest absolute Gasteiger partial charge is 0.0706 e. The van der Waals surface area contributed by atoms with Crippen molar-refractivity contribution in [2.75, 3.05) is 6.54 Å². The Kier molecular flexibility index (Phi) is 4.12. The first-order valence-electron chi connectivity index (χ1n) is 6.07. The molecule has 0 amide bonds. The topological polar surface area (TPSA) is 49.6 Å². The van der Waals surface area contributed by atoms with E-state index in [2.05, 4.69) is 16.5 Å². The van der Waals surface area contributed by atoms with Crippen molar-refractivity contribution in [1.29, 1.82) is 0 Å². The van der Waals surface area contributed by atoms with Crippen LogP contribution >= 0.6 is 0 Å². The van der Waals surface area contributed by atoms with Gasteiger partial charge in [0.1, 0.15) is 0 Å². The van der Waals surface area contributed by atoms with Crippen LogP contribution in [0.5, 0.6) is 0 Å². The largest absolute Gasteiger partial charge is 0.393 e. The van der Waals surface area contributed by atoms with E-state index in [-0.39, 0.29) is 6.10 Å². The van der Waals surface area contributed by atoms with E-state index in [1.165, 1.54) is 5.56 Å². The molecule has 0 spiro atoms. The van der Waals surface area contributed by atoms with Gasteiger partial charge in [-0.15, -0.1) is 0 Å². The van der Waals surface area contributed by atoms with Crippen LogP contribution in [-0.4, -0.2) is 27.4 Å². The monoisotopic (exact) mass is 233 g/mol. The minimum absolute atomic E-state index is 0.200. The first kappa shape index (κ1) is 12.1. The van der Waals surface area contributed by atoms with Gasteiger partial charge in [0.2, 0.25) is 0 Å². The molecule has 0 aliphatic rings. The fourth-order valence-corrected chi connectivity index (χ4v) is 1.87. The van der Waals surface area contributed by atoms with Crippen molar-refractivity contribution < 1.29 is 5.11 Å². The molecule has 0 saturated carbocycles. The van der Waals surface area contributed by atoms with Crippen molar-refractivity contribution in [2.45, 2.75) is 32.4 Å². The lowest BCUT2D eigenvalue weighted by molar-refractivity contribution is 0.181. The van der Waals surface area contributed by atoms with Gasteiger partial charge in [0, 0.05) is 18.3 Å². The maximum absolute atomic E-state index is 9.14. The van der Waals surface area contributed by atoms with Crippen LogP contribution in [-0.2, 0) is 6.54 Å². The number of nitrogens with one attached hydrogen (secondary N) is 1. The van der Waals surface area contributed by atoms with E-state index in [0.717, 1.165) is 31.4 Å². The maximum Gasteiger partial charge on any atom is 0.0706 e. The number of fused-ring (bicyclic) bond motifs is 1. The highest BCUT2D eigenvalue weighted by molar-refractivity contribution is 5.53. The van der Waals surface area contributed by atoms with Gasteiger partial charge in [-0.3, -0.25) is 0 Å². The van der Waals surface area contributed by atoms with Crippen molar-refractivity contribution in [1.82, 2.24) is 14.9 Å². The van der Waals surface area contributed by atoms with Gasteiger partial charge in [-0.1, -0.05) is 6.07 Å². The Bertz CT molecular complexity index is 464. The summed E-state index contributed by atoms with van der Waals surface area (Å²) in [5.41, 5.74) is 2.36. The summed E-state index contributed by atoms with van der Waals surface area (Å²) in [6, 6.07) is 6.06. The second kappa shape index (κ2) is 5.80. The van der Waals surface area contributed by atoms with Gasteiger partial charge in [0.05, 0.1) is 17.8 Å². The lowest BCUT2D eigenvalue weighted by Gasteiger charge is -2.05. The van der Waals surface area contributed by atoms with E-state index in [9.17, 15) is 0 Å². The maximum atomic E-state index is 9.14. The molecule has 1 atom stereocenters. The van der Waals surface area contributed by atoms with Crippen LogP contribution in [0.1, 0.15) is 25.3 Å². The Labute approximate surface area is 101 Å². The molecule has 1 unspecified atom stereocenters. The molecule has 0 aliphatic heterocycles. The standard InChI is InChI=1S/C13H19N3O/c1-11(17)5-4-7-14-9-12-10-15-16-8-3-2-6-13(12)16/h2-3,6,8,10-11,14,17H,4-5,7,9H2,1H3. The van der Waals surface area contributed by atoms with E-state index in [4.69, 9.17) is 5.11 Å². The number of hydrogen-bond acceptors (Lipinski definition) is 3. The molecule has 4 heteroatoms. The third-order valence-corrected chi connectivity index (χ3v) is 2.80. The third kappa shape index (κ3) is 3.28. The highest BCUT2D eigenvalue weighted by Gasteiger charge is 2.02. The summed E-state index contributed by atoms with van der Waals surface area (Å²) in [6.45, 7) is 3.58. The Hall–Kier alpha value is -1.39. The van der Waals surface area contributed by atoms with E-state index >= 15 is 0 Å². The fraction of sp³-hybridized carbons (Fsp3) is 0.462.